The number of rotatable bonds is 1. The topological polar surface area (TPSA) is 37.3 Å². The van der Waals surface area contributed by atoms with Gasteiger partial charge in [-0.3, -0.25) is 4.79 Å². The number of ketones is 1. The van der Waals surface area contributed by atoms with Crippen LogP contribution in [-0.4, -0.2) is 10.9 Å². The van der Waals surface area contributed by atoms with E-state index in [1.54, 1.807) is 0 Å². The van der Waals surface area contributed by atoms with E-state index in [1.807, 2.05) is 54.6 Å². The second-order valence-electron chi connectivity index (χ2n) is 5.42. The molecule has 2 nitrogen and oxygen atoms in total. The van der Waals surface area contributed by atoms with Gasteiger partial charge in [0.1, 0.15) is 0 Å². The second kappa shape index (κ2) is 4.15. The zero-order valence-corrected chi connectivity index (χ0v) is 10.9. The number of hydrogen-bond donors (Lipinski definition) is 1. The van der Waals surface area contributed by atoms with Gasteiger partial charge in [0.05, 0.1) is 6.10 Å². The van der Waals surface area contributed by atoms with Crippen molar-refractivity contribution in [3.8, 4) is 0 Å². The van der Waals surface area contributed by atoms with E-state index in [4.69, 9.17) is 0 Å². The lowest BCUT2D eigenvalue weighted by molar-refractivity contribution is -0.114. The monoisotopic (exact) mass is 262 g/mol. The van der Waals surface area contributed by atoms with Crippen LogP contribution >= 0.6 is 0 Å². The summed E-state index contributed by atoms with van der Waals surface area (Å²) in [6.45, 7) is 0. The number of allylic oxidation sites excluding steroid dienone is 1. The van der Waals surface area contributed by atoms with E-state index in [1.165, 1.54) is 0 Å². The van der Waals surface area contributed by atoms with Gasteiger partial charge in [-0.2, -0.15) is 0 Å². The van der Waals surface area contributed by atoms with Crippen LogP contribution in [0.2, 0.25) is 0 Å². The van der Waals surface area contributed by atoms with E-state index in [-0.39, 0.29) is 11.7 Å². The average molecular weight is 262 g/mol. The molecular weight excluding hydrogens is 248 g/mol. The maximum Gasteiger partial charge on any atom is 0.164 e. The van der Waals surface area contributed by atoms with Crippen LogP contribution in [0.3, 0.4) is 0 Å². The lowest BCUT2D eigenvalue weighted by Gasteiger charge is -2.09. The van der Waals surface area contributed by atoms with Crippen LogP contribution < -0.4 is 0 Å². The van der Waals surface area contributed by atoms with Crippen LogP contribution in [0.15, 0.2) is 54.6 Å². The summed E-state index contributed by atoms with van der Waals surface area (Å²) in [7, 11) is 0. The summed E-state index contributed by atoms with van der Waals surface area (Å²) in [5.41, 5.74) is 4.77. The van der Waals surface area contributed by atoms with E-state index in [0.29, 0.717) is 6.42 Å². The number of benzene rings is 2. The smallest absolute Gasteiger partial charge is 0.164 e. The summed E-state index contributed by atoms with van der Waals surface area (Å²) >= 11 is 0. The normalized spacial score (nSPS) is 23.9. The molecule has 2 aliphatic carbocycles. The molecule has 20 heavy (non-hydrogen) atoms. The van der Waals surface area contributed by atoms with Gasteiger partial charge in [-0.05, 0) is 22.3 Å². The molecule has 0 spiro atoms. The van der Waals surface area contributed by atoms with E-state index in [9.17, 15) is 9.90 Å². The van der Waals surface area contributed by atoms with Gasteiger partial charge in [0.15, 0.2) is 5.78 Å². The average Bonchev–Trinajstić information content (AvgIpc) is 2.96. The molecule has 0 aromatic heterocycles. The summed E-state index contributed by atoms with van der Waals surface area (Å²) in [5, 5.41) is 10.4. The highest BCUT2D eigenvalue weighted by Gasteiger charge is 2.44. The fraction of sp³-hybridized carbons (Fsp3) is 0.167. The van der Waals surface area contributed by atoms with Crippen molar-refractivity contribution in [2.24, 2.45) is 5.92 Å². The highest BCUT2D eigenvalue weighted by Crippen LogP contribution is 2.53. The minimum absolute atomic E-state index is 0.0740. The van der Waals surface area contributed by atoms with E-state index < -0.39 is 6.10 Å². The fourth-order valence-corrected chi connectivity index (χ4v) is 3.48. The maximum atomic E-state index is 12.4. The molecule has 98 valence electrons. The molecule has 0 fully saturated rings. The molecule has 2 aromatic rings. The Morgan fingerprint density at radius 1 is 0.950 bits per heavy atom. The molecule has 0 bridgehead atoms. The Labute approximate surface area is 117 Å². The predicted molar refractivity (Wildman–Crippen MR) is 77.8 cm³/mol. The van der Waals surface area contributed by atoms with Gasteiger partial charge in [-0.15, -0.1) is 0 Å². The third-order valence-corrected chi connectivity index (χ3v) is 4.34. The zero-order chi connectivity index (χ0) is 13.7. The van der Waals surface area contributed by atoms with Gasteiger partial charge in [0.25, 0.3) is 0 Å². The van der Waals surface area contributed by atoms with Crippen molar-refractivity contribution >= 4 is 16.9 Å². The molecule has 2 aromatic carbocycles. The number of carbonyl (C=O) groups is 1. The molecule has 4 rings (SSSR count). The molecule has 0 radical (unpaired) electrons. The molecule has 0 saturated heterocycles. The highest BCUT2D eigenvalue weighted by molar-refractivity contribution is 6.32. The first-order chi connectivity index (χ1) is 9.77. The highest BCUT2D eigenvalue weighted by atomic mass is 16.3. The van der Waals surface area contributed by atoms with Crippen LogP contribution in [0.1, 0.15) is 29.2 Å². The summed E-state index contributed by atoms with van der Waals surface area (Å²) in [6.07, 6.45) is -0.138. The molecule has 2 aliphatic rings. The third kappa shape index (κ3) is 1.46. The van der Waals surface area contributed by atoms with E-state index in [0.717, 1.165) is 27.8 Å². The largest absolute Gasteiger partial charge is 0.388 e. The van der Waals surface area contributed by atoms with Crippen molar-refractivity contribution in [1.82, 2.24) is 0 Å². The molecular formula is C18H14O2. The van der Waals surface area contributed by atoms with Crippen molar-refractivity contribution in [2.75, 3.05) is 0 Å². The van der Waals surface area contributed by atoms with Crippen molar-refractivity contribution < 1.29 is 9.90 Å². The number of aliphatic hydroxyl groups excluding tert-OH is 1. The minimum Gasteiger partial charge on any atom is -0.388 e. The second-order valence-corrected chi connectivity index (χ2v) is 5.42. The van der Waals surface area contributed by atoms with Gasteiger partial charge in [-0.1, -0.05) is 54.6 Å². The predicted octanol–water partition coefficient (Wildman–Crippen LogP) is 3.23. The molecule has 2 atom stereocenters. The Balaban J connectivity index is 2.00. The Bertz CT molecular complexity index is 728. The quantitative estimate of drug-likeness (QED) is 0.856. The van der Waals surface area contributed by atoms with Gasteiger partial charge in [0, 0.05) is 17.9 Å². The lowest BCUT2D eigenvalue weighted by atomic mass is 9.97. The molecule has 0 saturated carbocycles. The molecule has 2 heteroatoms. The minimum atomic E-state index is -0.550. The number of aliphatic hydroxyl groups is 1. The summed E-state index contributed by atoms with van der Waals surface area (Å²) in [6, 6.07) is 17.6. The molecule has 0 unspecified atom stereocenters. The van der Waals surface area contributed by atoms with Gasteiger partial charge in [0.2, 0.25) is 0 Å². The van der Waals surface area contributed by atoms with Gasteiger partial charge >= 0.3 is 0 Å². The number of fused-ring (bicyclic) bond motifs is 3. The first-order valence-electron chi connectivity index (χ1n) is 6.87. The number of hydrogen-bond acceptors (Lipinski definition) is 2. The maximum absolute atomic E-state index is 12.4. The molecule has 1 N–H and O–H groups in total. The van der Waals surface area contributed by atoms with Crippen LogP contribution in [0, 0.1) is 5.92 Å². The van der Waals surface area contributed by atoms with Crippen molar-refractivity contribution in [3.05, 3.63) is 71.3 Å². The van der Waals surface area contributed by atoms with Crippen LogP contribution in [-0.2, 0) is 4.79 Å². The van der Waals surface area contributed by atoms with Gasteiger partial charge in [-0.25, -0.2) is 0 Å². The van der Waals surface area contributed by atoms with E-state index in [2.05, 4.69) is 0 Å². The summed E-state index contributed by atoms with van der Waals surface area (Å²) in [5.74, 6) is 0.0693. The van der Waals surface area contributed by atoms with Gasteiger partial charge < -0.3 is 5.11 Å². The summed E-state index contributed by atoms with van der Waals surface area (Å²) in [4.78, 5) is 12.4. The molecule has 0 heterocycles. The van der Waals surface area contributed by atoms with Crippen LogP contribution in [0.25, 0.3) is 11.1 Å². The Morgan fingerprint density at radius 2 is 1.65 bits per heavy atom. The Morgan fingerprint density at radius 3 is 2.45 bits per heavy atom. The van der Waals surface area contributed by atoms with Crippen molar-refractivity contribution in [2.45, 2.75) is 12.5 Å². The van der Waals surface area contributed by atoms with Crippen LogP contribution in [0.4, 0.5) is 0 Å². The number of carbonyl (C=O) groups excluding carboxylic acids is 1. The first-order valence-corrected chi connectivity index (χ1v) is 6.87. The van der Waals surface area contributed by atoms with Crippen molar-refractivity contribution in [1.29, 1.82) is 0 Å². The zero-order valence-electron chi connectivity index (χ0n) is 10.9. The summed E-state index contributed by atoms with van der Waals surface area (Å²) < 4.78 is 0. The Hall–Kier alpha value is -2.19. The van der Waals surface area contributed by atoms with Crippen molar-refractivity contribution in [3.63, 3.8) is 0 Å². The SMILES string of the molecule is O=C1C[C@H]2C(=C1c1ccccc1)c1ccccc1[C@H]2O. The molecule has 0 amide bonds. The third-order valence-electron chi connectivity index (χ3n) is 4.34. The Kier molecular flexibility index (Phi) is 2.41. The fourth-order valence-electron chi connectivity index (χ4n) is 3.48. The molecule has 0 aliphatic heterocycles. The lowest BCUT2D eigenvalue weighted by Crippen LogP contribution is -2.06. The van der Waals surface area contributed by atoms with E-state index >= 15 is 0 Å². The number of Topliss-reactive ketones (excluding diaryl/α,β-unsaturated/α-hetero) is 1. The van der Waals surface area contributed by atoms with Crippen LogP contribution in [0.5, 0.6) is 0 Å². The standard InChI is InChI=1S/C18H14O2/c19-15-10-14-17(16(15)11-6-2-1-3-7-11)12-8-4-5-9-13(12)18(14)20/h1-9,14,18,20H,10H2/t14-,18+/m0/s1. The first kappa shape index (κ1) is 11.6.